The average Bonchev–Trinajstić information content (AvgIpc) is 3.08. The van der Waals surface area contributed by atoms with Gasteiger partial charge in [0.15, 0.2) is 5.75 Å². The van der Waals surface area contributed by atoms with Crippen LogP contribution in [0.2, 0.25) is 5.02 Å². The highest BCUT2D eigenvalue weighted by molar-refractivity contribution is 6.34. The molecule has 1 heterocycles. The third kappa shape index (κ3) is 3.85. The van der Waals surface area contributed by atoms with Crippen molar-refractivity contribution in [2.24, 2.45) is 0 Å². The van der Waals surface area contributed by atoms with E-state index in [0.717, 1.165) is 12.5 Å². The molecule has 0 radical (unpaired) electrons. The number of amides is 2. The molecule has 3 rings (SSSR count). The highest BCUT2D eigenvalue weighted by Gasteiger charge is 2.23. The predicted octanol–water partition coefficient (Wildman–Crippen LogP) is 3.64. The van der Waals surface area contributed by atoms with Crippen molar-refractivity contribution in [2.75, 3.05) is 23.9 Å². The molecule has 2 aromatic carbocycles. The number of halogens is 1. The highest BCUT2D eigenvalue weighted by Crippen LogP contribution is 2.31. The standard InChI is InChI=1S/C18H16ClN3O5/c1-27-16-7-4-11(9-15(16)22(25)26)18(24)20-14-10-12(5-6-13(14)19)21-8-2-3-17(21)23/h4-7,9-10H,2-3,8H2,1H3,(H,20,24). The fraction of sp³-hybridized carbons (Fsp3) is 0.222. The second-order valence-corrected chi connectivity index (χ2v) is 6.32. The van der Waals surface area contributed by atoms with E-state index in [1.54, 1.807) is 23.1 Å². The van der Waals surface area contributed by atoms with E-state index in [-0.39, 0.29) is 22.9 Å². The molecule has 140 valence electrons. The van der Waals surface area contributed by atoms with Crippen LogP contribution in [0.15, 0.2) is 36.4 Å². The summed E-state index contributed by atoms with van der Waals surface area (Å²) >= 11 is 6.15. The fourth-order valence-electron chi connectivity index (χ4n) is 2.87. The molecule has 2 amide bonds. The van der Waals surface area contributed by atoms with Gasteiger partial charge in [-0.25, -0.2) is 0 Å². The van der Waals surface area contributed by atoms with Crippen molar-refractivity contribution in [1.29, 1.82) is 0 Å². The number of nitrogens with one attached hydrogen (secondary N) is 1. The molecule has 1 aliphatic rings. The zero-order chi connectivity index (χ0) is 19.6. The van der Waals surface area contributed by atoms with Gasteiger partial charge >= 0.3 is 5.69 Å². The van der Waals surface area contributed by atoms with E-state index in [2.05, 4.69) is 5.32 Å². The number of benzene rings is 2. The maximum Gasteiger partial charge on any atom is 0.311 e. The van der Waals surface area contributed by atoms with Crippen molar-refractivity contribution >= 4 is 40.5 Å². The first-order chi connectivity index (χ1) is 12.9. The normalized spacial score (nSPS) is 13.6. The van der Waals surface area contributed by atoms with Crippen LogP contribution < -0.4 is 15.0 Å². The number of carbonyl (C=O) groups is 2. The summed E-state index contributed by atoms with van der Waals surface area (Å²) in [6.45, 7) is 0.610. The van der Waals surface area contributed by atoms with Crippen molar-refractivity contribution in [3.05, 3.63) is 57.1 Å². The summed E-state index contributed by atoms with van der Waals surface area (Å²) in [4.78, 5) is 36.6. The molecular formula is C18H16ClN3O5. The second-order valence-electron chi connectivity index (χ2n) is 5.91. The number of hydrogen-bond acceptors (Lipinski definition) is 5. The number of nitro groups is 1. The van der Waals surface area contributed by atoms with Gasteiger partial charge in [0.1, 0.15) is 0 Å². The van der Waals surface area contributed by atoms with Crippen LogP contribution in [0.1, 0.15) is 23.2 Å². The van der Waals surface area contributed by atoms with Gasteiger partial charge in [0.25, 0.3) is 5.91 Å². The lowest BCUT2D eigenvalue weighted by Gasteiger charge is -2.17. The molecule has 1 N–H and O–H groups in total. The van der Waals surface area contributed by atoms with Crippen molar-refractivity contribution in [1.82, 2.24) is 0 Å². The molecule has 0 saturated carbocycles. The minimum absolute atomic E-state index is 0.0142. The number of rotatable bonds is 5. The number of ether oxygens (including phenoxy) is 1. The quantitative estimate of drug-likeness (QED) is 0.621. The minimum Gasteiger partial charge on any atom is -0.490 e. The molecule has 0 aliphatic carbocycles. The monoisotopic (exact) mass is 389 g/mol. The molecule has 0 aromatic heterocycles. The Morgan fingerprint density at radius 3 is 2.70 bits per heavy atom. The Labute approximate surface area is 159 Å². The zero-order valence-corrected chi connectivity index (χ0v) is 15.2. The van der Waals surface area contributed by atoms with Gasteiger partial charge < -0.3 is 15.0 Å². The molecule has 1 aliphatic heterocycles. The maximum absolute atomic E-state index is 12.5. The number of nitro benzene ring substituents is 1. The summed E-state index contributed by atoms with van der Waals surface area (Å²) in [5.74, 6) is -0.489. The average molecular weight is 390 g/mol. The lowest BCUT2D eigenvalue weighted by atomic mass is 10.1. The summed E-state index contributed by atoms with van der Waals surface area (Å²) in [6.07, 6.45) is 1.26. The molecular weight excluding hydrogens is 374 g/mol. The van der Waals surface area contributed by atoms with E-state index in [1.807, 2.05) is 0 Å². The number of nitrogens with zero attached hydrogens (tertiary/aromatic N) is 2. The van der Waals surface area contributed by atoms with Gasteiger partial charge in [-0.3, -0.25) is 19.7 Å². The largest absolute Gasteiger partial charge is 0.490 e. The topological polar surface area (TPSA) is 102 Å². The summed E-state index contributed by atoms with van der Waals surface area (Å²) in [7, 11) is 1.31. The van der Waals surface area contributed by atoms with Gasteiger partial charge in [-0.2, -0.15) is 0 Å². The molecule has 27 heavy (non-hydrogen) atoms. The molecule has 0 bridgehead atoms. The van der Waals surface area contributed by atoms with E-state index < -0.39 is 10.8 Å². The van der Waals surface area contributed by atoms with Gasteiger partial charge in [0.05, 0.1) is 22.7 Å². The molecule has 0 atom stereocenters. The van der Waals surface area contributed by atoms with Crippen molar-refractivity contribution < 1.29 is 19.2 Å². The summed E-state index contributed by atoms with van der Waals surface area (Å²) in [6, 6.07) is 8.82. The van der Waals surface area contributed by atoms with Gasteiger partial charge in [0, 0.05) is 30.3 Å². The van der Waals surface area contributed by atoms with Crippen LogP contribution in [0.5, 0.6) is 5.75 Å². The van der Waals surface area contributed by atoms with Crippen LogP contribution in [-0.2, 0) is 4.79 Å². The summed E-state index contributed by atoms with van der Waals surface area (Å²) < 4.78 is 4.93. The van der Waals surface area contributed by atoms with Gasteiger partial charge in [-0.15, -0.1) is 0 Å². The molecule has 8 nitrogen and oxygen atoms in total. The number of carbonyl (C=O) groups excluding carboxylic acids is 2. The van der Waals surface area contributed by atoms with E-state index in [0.29, 0.717) is 29.4 Å². The van der Waals surface area contributed by atoms with Crippen molar-refractivity contribution in [3.63, 3.8) is 0 Å². The van der Waals surface area contributed by atoms with Crippen LogP contribution >= 0.6 is 11.6 Å². The third-order valence-corrected chi connectivity index (χ3v) is 4.55. The number of methoxy groups -OCH3 is 1. The predicted molar refractivity (Wildman–Crippen MR) is 101 cm³/mol. The molecule has 0 spiro atoms. The van der Waals surface area contributed by atoms with Crippen molar-refractivity contribution in [3.8, 4) is 5.75 Å². The Morgan fingerprint density at radius 2 is 2.07 bits per heavy atom. The molecule has 2 aromatic rings. The molecule has 1 saturated heterocycles. The Hall–Kier alpha value is -3.13. The molecule has 1 fully saturated rings. The maximum atomic E-state index is 12.5. The third-order valence-electron chi connectivity index (χ3n) is 4.22. The van der Waals surface area contributed by atoms with Gasteiger partial charge in [-0.05, 0) is 36.8 Å². The van der Waals surface area contributed by atoms with E-state index in [9.17, 15) is 19.7 Å². The summed E-state index contributed by atoms with van der Waals surface area (Å²) in [5.41, 5.74) is 0.726. The van der Waals surface area contributed by atoms with Crippen LogP contribution in [0.3, 0.4) is 0 Å². The second kappa shape index (κ2) is 7.63. The fourth-order valence-corrected chi connectivity index (χ4v) is 3.03. The van der Waals surface area contributed by atoms with Crippen LogP contribution in [-0.4, -0.2) is 30.4 Å². The van der Waals surface area contributed by atoms with Gasteiger partial charge in [-0.1, -0.05) is 11.6 Å². The first-order valence-electron chi connectivity index (χ1n) is 8.14. The number of hydrogen-bond donors (Lipinski definition) is 1. The lowest BCUT2D eigenvalue weighted by molar-refractivity contribution is -0.385. The first-order valence-corrected chi connectivity index (χ1v) is 8.52. The van der Waals surface area contributed by atoms with E-state index in [1.165, 1.54) is 19.2 Å². The molecule has 0 unspecified atom stereocenters. The number of anilines is 2. The Kier molecular flexibility index (Phi) is 5.27. The van der Waals surface area contributed by atoms with E-state index in [4.69, 9.17) is 16.3 Å². The lowest BCUT2D eigenvalue weighted by Crippen LogP contribution is -2.23. The van der Waals surface area contributed by atoms with Crippen LogP contribution in [0, 0.1) is 10.1 Å². The smallest absolute Gasteiger partial charge is 0.311 e. The zero-order valence-electron chi connectivity index (χ0n) is 14.4. The Bertz CT molecular complexity index is 931. The Morgan fingerprint density at radius 1 is 1.30 bits per heavy atom. The van der Waals surface area contributed by atoms with E-state index >= 15 is 0 Å². The van der Waals surface area contributed by atoms with Crippen LogP contribution in [0.4, 0.5) is 17.1 Å². The highest BCUT2D eigenvalue weighted by atomic mass is 35.5. The summed E-state index contributed by atoms with van der Waals surface area (Å²) in [5, 5.41) is 14.1. The first kappa shape index (κ1) is 18.7. The Balaban J connectivity index is 1.87. The SMILES string of the molecule is COc1ccc(C(=O)Nc2cc(N3CCCC3=O)ccc2Cl)cc1[N+](=O)[O-]. The van der Waals surface area contributed by atoms with Crippen LogP contribution in [0.25, 0.3) is 0 Å². The minimum atomic E-state index is -0.623. The van der Waals surface area contributed by atoms with Gasteiger partial charge in [0.2, 0.25) is 5.91 Å². The van der Waals surface area contributed by atoms with Crippen molar-refractivity contribution in [2.45, 2.75) is 12.8 Å². The molecule has 9 heteroatoms.